The van der Waals surface area contributed by atoms with Crippen LogP contribution in [0, 0.1) is 34.0 Å². The highest BCUT2D eigenvalue weighted by molar-refractivity contribution is 9.09. The Morgan fingerprint density at radius 3 is 1.31 bits per heavy atom. The molecule has 6 spiro atoms. The van der Waals surface area contributed by atoms with Crippen LogP contribution < -0.4 is 22.1 Å². The van der Waals surface area contributed by atoms with Crippen molar-refractivity contribution in [2.75, 3.05) is 107 Å². The lowest BCUT2D eigenvalue weighted by molar-refractivity contribution is -0.139. The molecule has 3 aliphatic heterocycles. The van der Waals surface area contributed by atoms with Crippen LogP contribution in [0.1, 0.15) is 211 Å². The summed E-state index contributed by atoms with van der Waals surface area (Å²) in [5, 5.41) is 8.79. The number of guanidine groups is 1. The van der Waals surface area contributed by atoms with E-state index in [1.54, 1.807) is 59.3 Å². The van der Waals surface area contributed by atoms with Crippen molar-refractivity contribution in [1.82, 2.24) is 20.4 Å². The van der Waals surface area contributed by atoms with Crippen molar-refractivity contribution in [2.45, 2.75) is 234 Å². The quantitative estimate of drug-likeness (QED) is 0.0317. The number of fused-ring (bicyclic) bond motifs is 9. The van der Waals surface area contributed by atoms with Gasteiger partial charge >= 0.3 is 0 Å². The number of carbonyl (C=O) groups excluding carboxylic acids is 3. The molecule has 3 aromatic rings. The number of nitrogens with two attached hydrogens (primary N) is 2. The summed E-state index contributed by atoms with van der Waals surface area (Å²) in [6.45, 7) is 4.03. The molecule has 18 nitrogen and oxygen atoms in total. The van der Waals surface area contributed by atoms with E-state index in [4.69, 9.17) is 61.1 Å². The van der Waals surface area contributed by atoms with Gasteiger partial charge < -0.3 is 55.3 Å². The monoisotopic (exact) mass is 1530 g/mol. The molecule has 7 fully saturated rings. The largest absolute Gasteiger partial charge is 0.385 e. The van der Waals surface area contributed by atoms with Crippen molar-refractivity contribution < 1.29 is 47.5 Å². The third-order valence-electron chi connectivity index (χ3n) is 25.6. The smallest absolute Gasteiger partial charge is 0.262 e. The van der Waals surface area contributed by atoms with Crippen LogP contribution in [0.15, 0.2) is 64.6 Å². The number of nitrogens with one attached hydrogen (secondary N) is 2. The average molecular weight is 1540 g/mol. The topological polar surface area (TPSA) is 223 Å². The number of amidine groups is 1. The maximum Gasteiger partial charge on any atom is 0.262 e. The molecule has 0 radical (unpaired) electrons. The first-order valence-electron chi connectivity index (χ1n) is 39.5. The van der Waals surface area contributed by atoms with Crippen molar-refractivity contribution in [3.63, 3.8) is 0 Å². The number of aryl methyl sites for hydroxylation is 3. The van der Waals surface area contributed by atoms with E-state index in [1.807, 2.05) is 12.0 Å². The van der Waals surface area contributed by atoms with Crippen molar-refractivity contribution in [3.8, 4) is 0 Å². The summed E-state index contributed by atoms with van der Waals surface area (Å²) in [7, 11) is 13.8. The van der Waals surface area contributed by atoms with Crippen molar-refractivity contribution in [3.05, 3.63) is 105 Å². The molecule has 3 aromatic carbocycles. The number of alkyl halides is 1. The number of halogens is 1. The first-order chi connectivity index (χ1) is 50.6. The van der Waals surface area contributed by atoms with E-state index in [-0.39, 0.29) is 46.2 Å². The van der Waals surface area contributed by atoms with Gasteiger partial charge in [-0.3, -0.25) is 24.2 Å². The second-order valence-electron chi connectivity index (χ2n) is 31.9. The molecule has 9 aliphatic carbocycles. The Balaban J connectivity index is 0.000000150. The highest BCUT2D eigenvalue weighted by atomic mass is 79.9. The molecule has 3 unspecified atom stereocenters. The Labute approximate surface area is 639 Å². The van der Waals surface area contributed by atoms with Crippen LogP contribution in [0.4, 0.5) is 0 Å². The third-order valence-corrected chi connectivity index (χ3v) is 27.4. The molecular formula is C83H123BrN8O10S2. The van der Waals surface area contributed by atoms with Gasteiger partial charge in [-0.1, -0.05) is 121 Å². The van der Waals surface area contributed by atoms with Crippen molar-refractivity contribution in [2.24, 2.45) is 55.5 Å². The zero-order valence-electron chi connectivity index (χ0n) is 64.0. The maximum absolute atomic E-state index is 14.7. The highest BCUT2D eigenvalue weighted by Gasteiger charge is 2.69. The summed E-state index contributed by atoms with van der Waals surface area (Å²) in [5.74, 6) is 4.28. The van der Waals surface area contributed by atoms with E-state index in [2.05, 4.69) is 86.9 Å². The number of nitrogens with zero attached hydrogens (tertiary/aromatic N) is 4. The molecule has 15 rings (SSSR count). The summed E-state index contributed by atoms with van der Waals surface area (Å²) in [6, 6.07) is 20.7. The molecule has 21 heteroatoms. The van der Waals surface area contributed by atoms with Gasteiger partial charge in [0.15, 0.2) is 32.9 Å². The van der Waals surface area contributed by atoms with Gasteiger partial charge in [0.25, 0.3) is 17.7 Å². The van der Waals surface area contributed by atoms with Crippen LogP contribution in [0.25, 0.3) is 0 Å². The zero-order chi connectivity index (χ0) is 73.7. The summed E-state index contributed by atoms with van der Waals surface area (Å²) in [6.07, 6.45) is 34.3. The van der Waals surface area contributed by atoms with E-state index in [1.165, 1.54) is 109 Å². The fraction of sp³-hybridized carbons (Fsp3) is 0.711. The minimum Gasteiger partial charge on any atom is -0.385 e. The lowest BCUT2D eigenvalue weighted by atomic mass is 9.61. The van der Waals surface area contributed by atoms with E-state index in [0.29, 0.717) is 43.5 Å². The van der Waals surface area contributed by atoms with E-state index in [0.717, 1.165) is 194 Å². The number of ether oxygens (including phenoxy) is 7. The van der Waals surface area contributed by atoms with Gasteiger partial charge in [0, 0.05) is 117 Å². The zero-order valence-corrected chi connectivity index (χ0v) is 67.2. The molecule has 6 saturated carbocycles. The number of thiocarbonyl (C=S) groups is 1. The normalized spacial score (nSPS) is 29.6. The van der Waals surface area contributed by atoms with Crippen LogP contribution >= 0.6 is 39.9 Å². The predicted molar refractivity (Wildman–Crippen MR) is 422 cm³/mol. The van der Waals surface area contributed by atoms with Gasteiger partial charge in [-0.05, 0) is 248 Å². The Kier molecular flexibility index (Phi) is 28.2. The molecular weight excluding hydrogens is 1410 g/mol. The molecule has 1 saturated heterocycles. The first kappa shape index (κ1) is 80.6. The SMILES string of the molecule is CN.COC1CCC2(CC1)Cc1ccc(CCC3CC3)cc1C21NC(=S)NC1=O.COCCCBr.COCCCN1C(=O)C2(N=C1N)c1cc(CCC3CC3)ccc1CC21CCC(OC)CC1.COCCCSC1=NC2(C(=O)N1CCCOC)c1cc(CCC3CC3)ccc1CC21CCC(OC)CC1. The lowest BCUT2D eigenvalue weighted by Gasteiger charge is -2.46. The Hall–Kier alpha value is -4.39. The summed E-state index contributed by atoms with van der Waals surface area (Å²) in [4.78, 5) is 56.4. The minimum atomic E-state index is -0.881. The van der Waals surface area contributed by atoms with E-state index in [9.17, 15) is 14.4 Å². The number of rotatable bonds is 27. The summed E-state index contributed by atoms with van der Waals surface area (Å²) in [5.41, 5.74) is 19.5. The Bertz CT molecular complexity index is 3460. The van der Waals surface area contributed by atoms with Crippen molar-refractivity contribution >= 4 is 73.9 Å². The maximum atomic E-state index is 14.7. The second kappa shape index (κ2) is 36.4. The predicted octanol–water partition coefficient (Wildman–Crippen LogP) is 13.3. The third kappa shape index (κ3) is 16.8. The number of hydrogen-bond donors (Lipinski definition) is 4. The molecule has 3 heterocycles. The number of hydrogen-bond acceptors (Lipinski definition) is 16. The molecule has 0 bridgehead atoms. The molecule has 3 amide bonds. The number of aliphatic imine (C=N–C) groups is 2. The number of methoxy groups -OCH3 is 7. The van der Waals surface area contributed by atoms with Crippen LogP contribution in [0.3, 0.4) is 0 Å². The van der Waals surface area contributed by atoms with Gasteiger partial charge in [-0.25, -0.2) is 9.98 Å². The van der Waals surface area contributed by atoms with Gasteiger partial charge in [-0.15, -0.1) is 0 Å². The first-order valence-corrected chi connectivity index (χ1v) is 42.0. The average Bonchev–Trinajstić information content (AvgIpc) is 1.56. The molecule has 104 heavy (non-hydrogen) atoms. The molecule has 0 aromatic heterocycles. The van der Waals surface area contributed by atoms with Gasteiger partial charge in [0.1, 0.15) is 0 Å². The molecule has 12 aliphatic rings. The number of thioether (sulfide) groups is 1. The van der Waals surface area contributed by atoms with E-state index < -0.39 is 16.6 Å². The summed E-state index contributed by atoms with van der Waals surface area (Å²) < 4.78 is 37.6. The Morgan fingerprint density at radius 1 is 0.519 bits per heavy atom. The second-order valence-corrected chi connectivity index (χ2v) is 34.1. The van der Waals surface area contributed by atoms with Crippen LogP contribution in [-0.2, 0) is 103 Å². The minimum absolute atomic E-state index is 0.0430. The summed E-state index contributed by atoms with van der Waals surface area (Å²) >= 11 is 10.4. The highest BCUT2D eigenvalue weighted by Crippen LogP contribution is 2.65. The number of carbonyl (C=O) groups is 3. The Morgan fingerprint density at radius 2 is 0.904 bits per heavy atom. The van der Waals surface area contributed by atoms with Crippen molar-refractivity contribution in [1.29, 1.82) is 0 Å². The van der Waals surface area contributed by atoms with Crippen LogP contribution in [-0.4, -0.2) is 169 Å². The van der Waals surface area contributed by atoms with Gasteiger partial charge in [0.05, 0.1) is 18.3 Å². The lowest BCUT2D eigenvalue weighted by Crippen LogP contribution is -2.56. The van der Waals surface area contributed by atoms with E-state index >= 15 is 0 Å². The standard InChI is InChI=1S/C30H44N2O4S.C26H37N3O3.C22H28N2O2S.C4H9BrO.CH5N/c1-34-17-4-16-32-27(33)30(31-28(32)37-19-5-18-35-2)26-20-23(9-8-22-6-7-22)10-11-24(26)21-29(30)14-12-25(36-3)13-15-29;1-31-15-3-14-29-23(30)26(28-24(29)27)22-16-19(7-6-18-4-5-18)8-9-20(22)17-25(26)12-10-21(32-2)11-13-25;1-26-17-8-10-21(11-9-17)13-16-7-6-15(5-4-14-2-3-14)12-18(16)22(21)19(25)23-20(27)24-22;1-6-4-2-3-5;1-2/h10-11,20,22,25H,4-9,12-19,21H2,1-3H3;8-9,16,18,21H,3-7,10-15,17H2,1-2H3,(H2,27,28);6-7,12,14,17H,2-5,8-11,13H2,1H3,(H2,23,24,25,27);2-4H2,1H3;2H2,1H3. The van der Waals surface area contributed by atoms with Crippen LogP contribution in [0.5, 0.6) is 0 Å². The fourth-order valence-electron chi connectivity index (χ4n) is 19.3. The molecule has 574 valence electrons. The molecule has 3 atom stereocenters. The fourth-order valence-corrected chi connectivity index (χ4v) is 20.7. The number of benzene rings is 3. The molecule has 6 N–H and O–H groups in total. The van der Waals surface area contributed by atoms with Gasteiger partial charge in [-0.2, -0.15) is 0 Å². The van der Waals surface area contributed by atoms with Gasteiger partial charge in [0.2, 0.25) is 0 Å². The number of amides is 3. The van der Waals surface area contributed by atoms with Crippen LogP contribution in [0.2, 0.25) is 0 Å².